The Morgan fingerprint density at radius 1 is 1.10 bits per heavy atom. The normalized spacial score (nSPS) is 30.8. The molecular formula is C24H25BrN2O2. The molecule has 1 aliphatic heterocycles. The Morgan fingerprint density at radius 3 is 2.48 bits per heavy atom. The lowest BCUT2D eigenvalue weighted by Gasteiger charge is -2.46. The standard InChI is InChI=1S/C24H25BrN2O2/c1-27-21(28)24(26-22(27)29)20-14-19(25)8-7-18(20)15-23(24)11-9-17(10-12-23)13-16-5-3-2-4-6-16/h2-8,14,17H,9-13,15H2,1H3,(H,26,29). The number of amides is 3. The zero-order valence-corrected chi connectivity index (χ0v) is 18.2. The Bertz CT molecular complexity index is 982. The number of halogens is 1. The van der Waals surface area contributed by atoms with Crippen molar-refractivity contribution in [2.24, 2.45) is 11.3 Å². The van der Waals surface area contributed by atoms with Gasteiger partial charge in [0, 0.05) is 16.9 Å². The molecule has 2 aromatic carbocycles. The van der Waals surface area contributed by atoms with Gasteiger partial charge < -0.3 is 5.32 Å². The number of benzene rings is 2. The van der Waals surface area contributed by atoms with E-state index in [-0.39, 0.29) is 17.4 Å². The van der Waals surface area contributed by atoms with Crippen LogP contribution in [0.15, 0.2) is 53.0 Å². The summed E-state index contributed by atoms with van der Waals surface area (Å²) in [5.41, 5.74) is 2.40. The van der Waals surface area contributed by atoms with Crippen LogP contribution in [0.2, 0.25) is 0 Å². The molecule has 3 amide bonds. The second-order valence-corrected chi connectivity index (χ2v) is 9.85. The number of likely N-dealkylation sites (N-methyl/N-ethyl adjacent to an activating group) is 1. The van der Waals surface area contributed by atoms with Crippen molar-refractivity contribution >= 4 is 27.9 Å². The molecule has 4 nitrogen and oxygen atoms in total. The van der Waals surface area contributed by atoms with Gasteiger partial charge in [0.15, 0.2) is 5.54 Å². The summed E-state index contributed by atoms with van der Waals surface area (Å²) in [6.45, 7) is 0. The minimum absolute atomic E-state index is 0.0964. The van der Waals surface area contributed by atoms with Gasteiger partial charge in [-0.25, -0.2) is 4.79 Å². The second kappa shape index (κ2) is 6.69. The fraction of sp³-hybridized carbons (Fsp3) is 0.417. The largest absolute Gasteiger partial charge is 0.325 e. The highest BCUT2D eigenvalue weighted by atomic mass is 79.9. The molecule has 3 aliphatic rings. The number of hydrogen-bond acceptors (Lipinski definition) is 2. The minimum atomic E-state index is -0.921. The van der Waals surface area contributed by atoms with Crippen LogP contribution in [0.1, 0.15) is 42.4 Å². The van der Waals surface area contributed by atoms with Crippen LogP contribution in [0.4, 0.5) is 4.79 Å². The molecule has 2 fully saturated rings. The molecule has 2 aliphatic carbocycles. The van der Waals surface area contributed by atoms with E-state index >= 15 is 0 Å². The maximum absolute atomic E-state index is 13.5. The predicted molar refractivity (Wildman–Crippen MR) is 115 cm³/mol. The fourth-order valence-electron chi connectivity index (χ4n) is 5.95. The molecule has 1 heterocycles. The number of nitrogens with zero attached hydrogens (tertiary/aromatic N) is 1. The van der Waals surface area contributed by atoms with E-state index in [1.165, 1.54) is 16.0 Å². The highest BCUT2D eigenvalue weighted by Crippen LogP contribution is 2.60. The lowest BCUT2D eigenvalue weighted by molar-refractivity contribution is -0.137. The van der Waals surface area contributed by atoms with Crippen LogP contribution in [0.3, 0.4) is 0 Å². The van der Waals surface area contributed by atoms with E-state index in [2.05, 4.69) is 57.6 Å². The first-order valence-electron chi connectivity index (χ1n) is 10.4. The quantitative estimate of drug-likeness (QED) is 0.665. The molecule has 0 aromatic heterocycles. The molecule has 5 heteroatoms. The first-order valence-corrected chi connectivity index (χ1v) is 11.2. The fourth-order valence-corrected chi connectivity index (χ4v) is 6.31. The van der Waals surface area contributed by atoms with Crippen molar-refractivity contribution in [3.63, 3.8) is 0 Å². The van der Waals surface area contributed by atoms with Gasteiger partial charge in [0.25, 0.3) is 5.91 Å². The summed E-state index contributed by atoms with van der Waals surface area (Å²) in [5, 5.41) is 3.15. The van der Waals surface area contributed by atoms with Gasteiger partial charge in [-0.1, -0.05) is 52.3 Å². The summed E-state index contributed by atoms with van der Waals surface area (Å²) >= 11 is 3.57. The van der Waals surface area contributed by atoms with Crippen molar-refractivity contribution in [2.45, 2.75) is 44.1 Å². The lowest BCUT2D eigenvalue weighted by Crippen LogP contribution is -2.56. The minimum Gasteiger partial charge on any atom is -0.319 e. The molecule has 29 heavy (non-hydrogen) atoms. The van der Waals surface area contributed by atoms with E-state index < -0.39 is 5.54 Å². The van der Waals surface area contributed by atoms with Crippen molar-refractivity contribution in [1.29, 1.82) is 0 Å². The highest BCUT2D eigenvalue weighted by Gasteiger charge is 2.67. The smallest absolute Gasteiger partial charge is 0.319 e. The number of nitrogens with one attached hydrogen (secondary N) is 1. The first kappa shape index (κ1) is 18.9. The average Bonchev–Trinajstić information content (AvgIpc) is 3.12. The summed E-state index contributed by atoms with van der Waals surface area (Å²) < 4.78 is 0.946. The van der Waals surface area contributed by atoms with Gasteiger partial charge >= 0.3 is 6.03 Å². The van der Waals surface area contributed by atoms with Gasteiger partial charge in [0.05, 0.1) is 0 Å². The molecule has 5 rings (SSSR count). The molecule has 1 unspecified atom stereocenters. The molecule has 150 valence electrons. The zero-order valence-electron chi connectivity index (χ0n) is 16.6. The zero-order chi connectivity index (χ0) is 20.2. The summed E-state index contributed by atoms with van der Waals surface area (Å²) in [6, 6.07) is 16.6. The Morgan fingerprint density at radius 2 is 1.83 bits per heavy atom. The van der Waals surface area contributed by atoms with Crippen LogP contribution in [-0.2, 0) is 23.2 Å². The molecule has 1 N–H and O–H groups in total. The monoisotopic (exact) mass is 452 g/mol. The topological polar surface area (TPSA) is 49.4 Å². The number of carbonyl (C=O) groups excluding carboxylic acids is 2. The van der Waals surface area contributed by atoms with E-state index in [1.54, 1.807) is 7.05 Å². The van der Waals surface area contributed by atoms with Crippen molar-refractivity contribution < 1.29 is 9.59 Å². The van der Waals surface area contributed by atoms with Crippen LogP contribution in [0.5, 0.6) is 0 Å². The van der Waals surface area contributed by atoms with Gasteiger partial charge in [-0.05, 0) is 73.3 Å². The number of carbonyl (C=O) groups is 2. The molecule has 0 bridgehead atoms. The molecular weight excluding hydrogens is 428 g/mol. The van der Waals surface area contributed by atoms with Gasteiger partial charge in [0.2, 0.25) is 0 Å². The Balaban J connectivity index is 1.49. The number of rotatable bonds is 2. The molecule has 2 spiro atoms. The van der Waals surface area contributed by atoms with E-state index in [0.717, 1.165) is 48.6 Å². The highest BCUT2D eigenvalue weighted by molar-refractivity contribution is 9.10. The summed E-state index contributed by atoms with van der Waals surface area (Å²) in [4.78, 5) is 27.3. The summed E-state index contributed by atoms with van der Waals surface area (Å²) in [7, 11) is 1.59. The van der Waals surface area contributed by atoms with Gasteiger partial charge in [-0.15, -0.1) is 0 Å². The van der Waals surface area contributed by atoms with Gasteiger partial charge in [-0.3, -0.25) is 9.69 Å². The molecule has 0 radical (unpaired) electrons. The van der Waals surface area contributed by atoms with Crippen LogP contribution in [0, 0.1) is 11.3 Å². The maximum atomic E-state index is 13.5. The van der Waals surface area contributed by atoms with Crippen LogP contribution in [0.25, 0.3) is 0 Å². The third-order valence-electron chi connectivity index (χ3n) is 7.45. The van der Waals surface area contributed by atoms with E-state index in [4.69, 9.17) is 0 Å². The SMILES string of the molecule is CN1C(=O)NC2(C1=O)c1cc(Br)ccc1CC21CCC(Cc2ccccc2)CC1. The summed E-state index contributed by atoms with van der Waals surface area (Å²) in [5.74, 6) is 0.529. The second-order valence-electron chi connectivity index (χ2n) is 8.94. The number of imide groups is 1. The van der Waals surface area contributed by atoms with Crippen LogP contribution in [-0.4, -0.2) is 23.9 Å². The van der Waals surface area contributed by atoms with Crippen LogP contribution >= 0.6 is 15.9 Å². The van der Waals surface area contributed by atoms with Crippen molar-refractivity contribution in [3.05, 3.63) is 69.7 Å². The molecule has 1 saturated carbocycles. The maximum Gasteiger partial charge on any atom is 0.325 e. The van der Waals surface area contributed by atoms with Crippen molar-refractivity contribution in [1.82, 2.24) is 10.2 Å². The first-order chi connectivity index (χ1) is 13.9. The Hall–Kier alpha value is -2.14. The van der Waals surface area contributed by atoms with E-state index in [9.17, 15) is 9.59 Å². The van der Waals surface area contributed by atoms with Crippen molar-refractivity contribution in [2.75, 3.05) is 7.05 Å². The number of fused-ring (bicyclic) bond motifs is 3. The van der Waals surface area contributed by atoms with E-state index in [1.807, 2.05) is 12.1 Å². The van der Waals surface area contributed by atoms with Crippen molar-refractivity contribution in [3.8, 4) is 0 Å². The average molecular weight is 453 g/mol. The lowest BCUT2D eigenvalue weighted by atomic mass is 9.59. The summed E-state index contributed by atoms with van der Waals surface area (Å²) in [6.07, 6.45) is 6.01. The van der Waals surface area contributed by atoms with Crippen LogP contribution < -0.4 is 5.32 Å². The third-order valence-corrected chi connectivity index (χ3v) is 7.95. The third kappa shape index (κ3) is 2.70. The predicted octanol–water partition coefficient (Wildman–Crippen LogP) is 4.80. The van der Waals surface area contributed by atoms with Gasteiger partial charge in [-0.2, -0.15) is 0 Å². The number of urea groups is 1. The Labute approximate surface area is 179 Å². The Kier molecular flexibility index (Phi) is 4.35. The molecule has 1 saturated heterocycles. The molecule has 1 atom stereocenters. The molecule has 2 aromatic rings. The van der Waals surface area contributed by atoms with Gasteiger partial charge in [0.1, 0.15) is 0 Å². The van der Waals surface area contributed by atoms with E-state index in [0.29, 0.717) is 5.92 Å². The number of hydrogen-bond donors (Lipinski definition) is 1.